The molecule has 1 aromatic heterocycles. The predicted octanol–water partition coefficient (Wildman–Crippen LogP) is 0.648. The Morgan fingerprint density at radius 2 is 2.22 bits per heavy atom. The van der Waals surface area contributed by atoms with E-state index in [1.54, 1.807) is 6.07 Å². The van der Waals surface area contributed by atoms with Crippen molar-refractivity contribution < 1.29 is 5.11 Å². The first-order chi connectivity index (χ1) is 8.63. The third kappa shape index (κ3) is 2.10. The number of aliphatic hydroxyl groups is 1. The number of piperidine rings is 1. The van der Waals surface area contributed by atoms with E-state index in [2.05, 4.69) is 11.0 Å². The SMILES string of the molecule is CC(O)CN1CC2CC(C1)c1cccc(=O)n1C2. The standard InChI is InChI=1S/C14H20N2O2/c1-10(17)6-15-7-11-5-12(9-15)13-3-2-4-14(18)16(13)8-11/h2-4,10-12,17H,5-9H2,1H3. The fraction of sp³-hybridized carbons (Fsp3) is 0.643. The number of nitrogens with zero attached hydrogens (tertiary/aromatic N) is 2. The molecule has 1 N–H and O–H groups in total. The van der Waals surface area contributed by atoms with Gasteiger partial charge in [0.25, 0.3) is 5.56 Å². The molecule has 0 saturated carbocycles. The number of rotatable bonds is 2. The van der Waals surface area contributed by atoms with Gasteiger partial charge in [-0.2, -0.15) is 0 Å². The minimum Gasteiger partial charge on any atom is -0.392 e. The van der Waals surface area contributed by atoms with E-state index in [0.29, 0.717) is 11.8 Å². The summed E-state index contributed by atoms with van der Waals surface area (Å²) < 4.78 is 1.94. The summed E-state index contributed by atoms with van der Waals surface area (Å²) in [6.45, 7) is 5.38. The highest BCUT2D eigenvalue weighted by molar-refractivity contribution is 5.16. The predicted molar refractivity (Wildman–Crippen MR) is 69.7 cm³/mol. The molecule has 4 heteroatoms. The zero-order valence-electron chi connectivity index (χ0n) is 10.7. The molecule has 0 aliphatic carbocycles. The molecule has 98 valence electrons. The number of aliphatic hydroxyl groups excluding tert-OH is 1. The first-order valence-corrected chi connectivity index (χ1v) is 6.73. The molecule has 2 aliphatic heterocycles. The smallest absolute Gasteiger partial charge is 0.250 e. The lowest BCUT2D eigenvalue weighted by Gasteiger charge is -2.43. The number of pyridine rings is 1. The van der Waals surface area contributed by atoms with Crippen LogP contribution in [0.2, 0.25) is 0 Å². The number of aromatic nitrogens is 1. The molecule has 4 nitrogen and oxygen atoms in total. The molecule has 3 heterocycles. The molecule has 2 aliphatic rings. The number of hydrogen-bond donors (Lipinski definition) is 1. The van der Waals surface area contributed by atoms with E-state index < -0.39 is 0 Å². The molecule has 18 heavy (non-hydrogen) atoms. The first kappa shape index (κ1) is 11.9. The van der Waals surface area contributed by atoms with Crippen molar-refractivity contribution in [2.75, 3.05) is 19.6 Å². The van der Waals surface area contributed by atoms with Crippen LogP contribution in [0.25, 0.3) is 0 Å². The summed E-state index contributed by atoms with van der Waals surface area (Å²) in [6, 6.07) is 5.59. The zero-order chi connectivity index (χ0) is 12.7. The maximum absolute atomic E-state index is 11.9. The lowest BCUT2D eigenvalue weighted by molar-refractivity contribution is 0.0700. The quantitative estimate of drug-likeness (QED) is 0.836. The third-order valence-corrected chi connectivity index (χ3v) is 4.08. The monoisotopic (exact) mass is 248 g/mol. The van der Waals surface area contributed by atoms with Crippen LogP contribution in [-0.2, 0) is 6.54 Å². The van der Waals surface area contributed by atoms with Crippen molar-refractivity contribution in [1.29, 1.82) is 0 Å². The lowest BCUT2D eigenvalue weighted by Crippen LogP contribution is -2.48. The van der Waals surface area contributed by atoms with Crippen LogP contribution in [0.5, 0.6) is 0 Å². The number of fused-ring (bicyclic) bond motifs is 4. The normalized spacial score (nSPS) is 28.8. The van der Waals surface area contributed by atoms with Crippen molar-refractivity contribution in [2.24, 2.45) is 5.92 Å². The second-order valence-corrected chi connectivity index (χ2v) is 5.77. The van der Waals surface area contributed by atoms with Crippen LogP contribution in [0.15, 0.2) is 23.0 Å². The van der Waals surface area contributed by atoms with Gasteiger partial charge < -0.3 is 9.67 Å². The summed E-state index contributed by atoms with van der Waals surface area (Å²) in [5.74, 6) is 1.00. The Bertz CT molecular complexity index is 495. The fourth-order valence-corrected chi connectivity index (χ4v) is 3.52. The van der Waals surface area contributed by atoms with Gasteiger partial charge in [-0.15, -0.1) is 0 Å². The summed E-state index contributed by atoms with van der Waals surface area (Å²) in [7, 11) is 0. The summed E-state index contributed by atoms with van der Waals surface area (Å²) in [6.07, 6.45) is 0.904. The number of likely N-dealkylation sites (tertiary alicyclic amines) is 1. The zero-order valence-corrected chi connectivity index (χ0v) is 10.7. The summed E-state index contributed by atoms with van der Waals surface area (Å²) in [4.78, 5) is 14.2. The van der Waals surface area contributed by atoms with E-state index in [-0.39, 0.29) is 11.7 Å². The Balaban J connectivity index is 1.88. The van der Waals surface area contributed by atoms with Gasteiger partial charge in [0, 0.05) is 43.9 Å². The second-order valence-electron chi connectivity index (χ2n) is 5.77. The maximum Gasteiger partial charge on any atom is 0.250 e. The van der Waals surface area contributed by atoms with Crippen molar-refractivity contribution >= 4 is 0 Å². The number of β-amino-alcohol motifs (C(OH)–C–C–N with tert-alkyl or cyclic N) is 1. The van der Waals surface area contributed by atoms with Crippen LogP contribution >= 0.6 is 0 Å². The summed E-state index contributed by atoms with van der Waals surface area (Å²) in [5, 5.41) is 9.51. The van der Waals surface area contributed by atoms with E-state index in [1.165, 1.54) is 12.1 Å². The summed E-state index contributed by atoms with van der Waals surface area (Å²) >= 11 is 0. The van der Waals surface area contributed by atoms with Crippen LogP contribution in [0, 0.1) is 5.92 Å². The highest BCUT2D eigenvalue weighted by Crippen LogP contribution is 2.34. The van der Waals surface area contributed by atoms with Crippen LogP contribution in [0.1, 0.15) is 25.0 Å². The Labute approximate surface area is 107 Å². The van der Waals surface area contributed by atoms with Crippen LogP contribution in [0.4, 0.5) is 0 Å². The van der Waals surface area contributed by atoms with Crippen molar-refractivity contribution in [3.63, 3.8) is 0 Å². The largest absolute Gasteiger partial charge is 0.392 e. The average molecular weight is 248 g/mol. The van der Waals surface area contributed by atoms with Crippen LogP contribution < -0.4 is 5.56 Å². The highest BCUT2D eigenvalue weighted by atomic mass is 16.3. The molecule has 1 aromatic rings. The molecule has 3 rings (SSSR count). The van der Waals surface area contributed by atoms with Gasteiger partial charge in [0.2, 0.25) is 0 Å². The van der Waals surface area contributed by atoms with Crippen molar-refractivity contribution in [1.82, 2.24) is 9.47 Å². The molecule has 3 unspecified atom stereocenters. The molecule has 0 spiro atoms. The van der Waals surface area contributed by atoms with Gasteiger partial charge in [-0.05, 0) is 25.3 Å². The van der Waals surface area contributed by atoms with Gasteiger partial charge in [0.1, 0.15) is 0 Å². The van der Waals surface area contributed by atoms with E-state index in [1.807, 2.05) is 17.6 Å². The molecule has 0 aromatic carbocycles. The first-order valence-electron chi connectivity index (χ1n) is 6.73. The van der Waals surface area contributed by atoms with E-state index >= 15 is 0 Å². The van der Waals surface area contributed by atoms with Crippen molar-refractivity contribution in [2.45, 2.75) is 31.9 Å². The molecule has 1 saturated heterocycles. The average Bonchev–Trinajstić information content (AvgIpc) is 2.29. The fourth-order valence-electron chi connectivity index (χ4n) is 3.52. The molecular formula is C14H20N2O2. The topological polar surface area (TPSA) is 45.5 Å². The number of hydrogen-bond acceptors (Lipinski definition) is 3. The van der Waals surface area contributed by atoms with Gasteiger partial charge in [0.15, 0.2) is 0 Å². The Morgan fingerprint density at radius 3 is 3.00 bits per heavy atom. The molecule has 3 atom stereocenters. The third-order valence-electron chi connectivity index (χ3n) is 4.08. The van der Waals surface area contributed by atoms with Gasteiger partial charge in [-0.3, -0.25) is 9.69 Å². The Kier molecular flexibility index (Phi) is 2.99. The van der Waals surface area contributed by atoms with Crippen LogP contribution in [-0.4, -0.2) is 40.3 Å². The minimum absolute atomic E-state index is 0.131. The van der Waals surface area contributed by atoms with Gasteiger partial charge in [-0.1, -0.05) is 6.07 Å². The van der Waals surface area contributed by atoms with Crippen molar-refractivity contribution in [3.8, 4) is 0 Å². The molecule has 0 amide bonds. The molecular weight excluding hydrogens is 228 g/mol. The van der Waals surface area contributed by atoms with E-state index in [4.69, 9.17) is 0 Å². The highest BCUT2D eigenvalue weighted by Gasteiger charge is 2.34. The lowest BCUT2D eigenvalue weighted by atomic mass is 9.83. The van der Waals surface area contributed by atoms with Gasteiger partial charge >= 0.3 is 0 Å². The van der Waals surface area contributed by atoms with E-state index in [9.17, 15) is 9.90 Å². The molecule has 2 bridgehead atoms. The maximum atomic E-state index is 11.9. The van der Waals surface area contributed by atoms with Crippen LogP contribution in [0.3, 0.4) is 0 Å². The minimum atomic E-state index is -0.276. The van der Waals surface area contributed by atoms with E-state index in [0.717, 1.165) is 26.2 Å². The molecule has 0 radical (unpaired) electrons. The second kappa shape index (κ2) is 4.52. The Hall–Kier alpha value is -1.13. The summed E-state index contributed by atoms with van der Waals surface area (Å²) in [5.41, 5.74) is 1.31. The molecule has 1 fully saturated rings. The van der Waals surface area contributed by atoms with Gasteiger partial charge in [-0.25, -0.2) is 0 Å². The van der Waals surface area contributed by atoms with Gasteiger partial charge in [0.05, 0.1) is 6.10 Å². The van der Waals surface area contributed by atoms with Crippen molar-refractivity contribution in [3.05, 3.63) is 34.2 Å². The Morgan fingerprint density at radius 1 is 1.39 bits per heavy atom.